The van der Waals surface area contributed by atoms with Gasteiger partial charge in [0.15, 0.2) is 5.69 Å². The summed E-state index contributed by atoms with van der Waals surface area (Å²) >= 11 is 6.00. The number of benzene rings is 1. The van der Waals surface area contributed by atoms with Crippen molar-refractivity contribution in [2.75, 3.05) is 11.9 Å². The van der Waals surface area contributed by atoms with Crippen LogP contribution in [-0.2, 0) is 0 Å². The number of rotatable bonds is 3. The summed E-state index contributed by atoms with van der Waals surface area (Å²) in [6.45, 7) is 3.83. The molecule has 0 bridgehead atoms. The van der Waals surface area contributed by atoms with Crippen molar-refractivity contribution in [1.29, 1.82) is 0 Å². The minimum absolute atomic E-state index is 0.0626. The average Bonchev–Trinajstić information content (AvgIpc) is 2.46. The Bertz CT molecular complexity index is 676. The zero-order valence-electron chi connectivity index (χ0n) is 12.0. The lowest BCUT2D eigenvalue weighted by Crippen LogP contribution is -2.28. The van der Waals surface area contributed by atoms with Crippen molar-refractivity contribution in [3.63, 3.8) is 0 Å². The molecule has 0 saturated carbocycles. The van der Waals surface area contributed by atoms with Gasteiger partial charge in [0.25, 0.3) is 5.91 Å². The van der Waals surface area contributed by atoms with E-state index >= 15 is 0 Å². The van der Waals surface area contributed by atoms with E-state index in [1.54, 1.807) is 12.1 Å². The van der Waals surface area contributed by atoms with Gasteiger partial charge in [0, 0.05) is 13.0 Å². The average molecular weight is 308 g/mol. The predicted molar refractivity (Wildman–Crippen MR) is 80.3 cm³/mol. The maximum atomic E-state index is 13.8. The molecule has 0 saturated heterocycles. The highest BCUT2D eigenvalue weighted by Gasteiger charge is 2.21. The van der Waals surface area contributed by atoms with Gasteiger partial charge in [-0.3, -0.25) is 4.79 Å². The van der Waals surface area contributed by atoms with Gasteiger partial charge in [-0.2, -0.15) is 0 Å². The van der Waals surface area contributed by atoms with Gasteiger partial charge in [0.2, 0.25) is 0 Å². The van der Waals surface area contributed by atoms with Gasteiger partial charge < -0.3 is 4.90 Å². The topological polar surface area (TPSA) is 46.1 Å². The molecule has 0 aliphatic carbocycles. The highest BCUT2D eigenvalue weighted by molar-refractivity contribution is 6.34. The zero-order valence-corrected chi connectivity index (χ0v) is 12.7. The molecule has 1 heterocycles. The molecule has 4 nitrogen and oxygen atoms in total. The van der Waals surface area contributed by atoms with Crippen molar-refractivity contribution in [2.24, 2.45) is 0 Å². The fourth-order valence-electron chi connectivity index (χ4n) is 1.80. The highest BCUT2D eigenvalue weighted by atomic mass is 35.5. The first kappa shape index (κ1) is 15.4. The first-order valence-electron chi connectivity index (χ1n) is 6.46. The lowest BCUT2D eigenvalue weighted by Gasteiger charge is -2.18. The molecular formula is C15H15ClFN3O. The van der Waals surface area contributed by atoms with E-state index in [0.29, 0.717) is 5.82 Å². The molecular weight excluding hydrogens is 293 g/mol. The van der Waals surface area contributed by atoms with E-state index < -0.39 is 11.7 Å². The highest BCUT2D eigenvalue weighted by Crippen LogP contribution is 2.22. The van der Waals surface area contributed by atoms with Crippen LogP contribution in [0.4, 0.5) is 10.1 Å². The van der Waals surface area contributed by atoms with E-state index in [0.717, 1.165) is 0 Å². The van der Waals surface area contributed by atoms with Crippen molar-refractivity contribution < 1.29 is 9.18 Å². The number of aromatic nitrogens is 2. The smallest absolute Gasteiger partial charge is 0.278 e. The number of para-hydroxylation sites is 1. The molecule has 2 rings (SSSR count). The maximum absolute atomic E-state index is 13.8. The SMILES string of the molecule is CC(C)c1ncc(Cl)c(C(=O)N(C)c2ccccc2F)n1. The van der Waals surface area contributed by atoms with Gasteiger partial charge in [0.1, 0.15) is 11.6 Å². The van der Waals surface area contributed by atoms with Crippen molar-refractivity contribution in [1.82, 2.24) is 9.97 Å². The second-order valence-corrected chi connectivity index (χ2v) is 5.30. The second-order valence-electron chi connectivity index (χ2n) is 4.90. The summed E-state index contributed by atoms with van der Waals surface area (Å²) < 4.78 is 13.8. The summed E-state index contributed by atoms with van der Waals surface area (Å²) in [5, 5.41) is 0.146. The van der Waals surface area contributed by atoms with Crippen molar-refractivity contribution >= 4 is 23.2 Å². The molecule has 0 N–H and O–H groups in total. The molecule has 1 aromatic carbocycles. The summed E-state index contributed by atoms with van der Waals surface area (Å²) in [4.78, 5) is 21.9. The van der Waals surface area contributed by atoms with Gasteiger partial charge >= 0.3 is 0 Å². The molecule has 21 heavy (non-hydrogen) atoms. The van der Waals surface area contributed by atoms with E-state index in [2.05, 4.69) is 9.97 Å². The van der Waals surface area contributed by atoms with E-state index in [1.807, 2.05) is 13.8 Å². The third-order valence-electron chi connectivity index (χ3n) is 3.00. The predicted octanol–water partition coefficient (Wildman–Crippen LogP) is 3.67. The second kappa shape index (κ2) is 6.18. The Hall–Kier alpha value is -2.01. The number of hydrogen-bond acceptors (Lipinski definition) is 3. The molecule has 0 fully saturated rings. The van der Waals surface area contributed by atoms with Crippen molar-refractivity contribution in [2.45, 2.75) is 19.8 Å². The lowest BCUT2D eigenvalue weighted by molar-refractivity contribution is 0.0987. The van der Waals surface area contributed by atoms with Crippen LogP contribution in [-0.4, -0.2) is 22.9 Å². The summed E-state index contributed by atoms with van der Waals surface area (Å²) in [5.74, 6) is -0.380. The van der Waals surface area contributed by atoms with Crippen LogP contribution in [0.25, 0.3) is 0 Å². The lowest BCUT2D eigenvalue weighted by atomic mass is 10.2. The Morgan fingerprint density at radius 2 is 2.00 bits per heavy atom. The number of amides is 1. The number of nitrogens with zero attached hydrogens (tertiary/aromatic N) is 3. The normalized spacial score (nSPS) is 10.8. The molecule has 1 aromatic heterocycles. The molecule has 2 aromatic rings. The van der Waals surface area contributed by atoms with Crippen LogP contribution in [0.3, 0.4) is 0 Å². The number of carbonyl (C=O) groups excluding carboxylic acids is 1. The Morgan fingerprint density at radius 3 is 2.62 bits per heavy atom. The summed E-state index contributed by atoms with van der Waals surface area (Å²) in [7, 11) is 1.48. The fraction of sp³-hybridized carbons (Fsp3) is 0.267. The first-order chi connectivity index (χ1) is 9.91. The largest absolute Gasteiger partial charge is 0.307 e. The molecule has 110 valence electrons. The van der Waals surface area contributed by atoms with Gasteiger partial charge in [-0.25, -0.2) is 14.4 Å². The summed E-state index contributed by atoms with van der Waals surface area (Å²) in [6.07, 6.45) is 1.40. The van der Waals surface area contributed by atoms with E-state index in [4.69, 9.17) is 11.6 Å². The number of hydrogen-bond donors (Lipinski definition) is 0. The first-order valence-corrected chi connectivity index (χ1v) is 6.84. The minimum atomic E-state index is -0.484. The van der Waals surface area contributed by atoms with E-state index in [1.165, 1.54) is 30.3 Å². The van der Waals surface area contributed by atoms with Crippen LogP contribution >= 0.6 is 11.6 Å². The minimum Gasteiger partial charge on any atom is -0.307 e. The van der Waals surface area contributed by atoms with Crippen LogP contribution in [0, 0.1) is 5.82 Å². The van der Waals surface area contributed by atoms with E-state index in [9.17, 15) is 9.18 Å². The quantitative estimate of drug-likeness (QED) is 0.869. The molecule has 1 amide bonds. The van der Waals surface area contributed by atoms with Crippen molar-refractivity contribution in [3.8, 4) is 0 Å². The Balaban J connectivity index is 2.40. The molecule has 6 heteroatoms. The molecule has 0 aliphatic rings. The Labute approximate surface area is 127 Å². The molecule has 0 unspecified atom stereocenters. The molecule has 0 radical (unpaired) electrons. The summed E-state index contributed by atoms with van der Waals surface area (Å²) in [5.41, 5.74) is 0.240. The fourth-order valence-corrected chi connectivity index (χ4v) is 1.97. The third kappa shape index (κ3) is 3.19. The number of anilines is 1. The monoisotopic (exact) mass is 307 g/mol. The van der Waals surface area contributed by atoms with Crippen LogP contribution in [0.2, 0.25) is 5.02 Å². The van der Waals surface area contributed by atoms with Crippen LogP contribution in [0.15, 0.2) is 30.5 Å². The Morgan fingerprint density at radius 1 is 1.33 bits per heavy atom. The molecule has 0 atom stereocenters. The number of carbonyl (C=O) groups is 1. The van der Waals surface area contributed by atoms with Crippen molar-refractivity contribution in [3.05, 3.63) is 52.8 Å². The Kier molecular flexibility index (Phi) is 4.53. The molecule has 0 spiro atoms. The zero-order chi connectivity index (χ0) is 15.6. The van der Waals surface area contributed by atoms with Crippen LogP contribution in [0.1, 0.15) is 36.1 Å². The van der Waals surface area contributed by atoms with Gasteiger partial charge in [-0.05, 0) is 12.1 Å². The van der Waals surface area contributed by atoms with Crippen LogP contribution in [0.5, 0.6) is 0 Å². The van der Waals surface area contributed by atoms with E-state index in [-0.39, 0.29) is 22.3 Å². The summed E-state index contributed by atoms with van der Waals surface area (Å²) in [6, 6.07) is 6.03. The number of halogens is 2. The van der Waals surface area contributed by atoms with Gasteiger partial charge in [-0.1, -0.05) is 37.6 Å². The standard InChI is InChI=1S/C15H15ClFN3O/c1-9(2)14-18-8-10(16)13(19-14)15(21)20(3)12-7-5-4-6-11(12)17/h4-9H,1-3H3. The maximum Gasteiger partial charge on any atom is 0.278 e. The third-order valence-corrected chi connectivity index (χ3v) is 3.28. The van der Waals surface area contributed by atoms with Crippen LogP contribution < -0.4 is 4.90 Å². The van der Waals surface area contributed by atoms with Gasteiger partial charge in [0.05, 0.1) is 16.9 Å². The molecule has 0 aliphatic heterocycles. The van der Waals surface area contributed by atoms with Gasteiger partial charge in [-0.15, -0.1) is 0 Å².